The first kappa shape index (κ1) is 16.8. The van der Waals surface area contributed by atoms with E-state index < -0.39 is 5.97 Å². The first-order valence-electron chi connectivity index (χ1n) is 8.05. The molecule has 1 aromatic carbocycles. The van der Waals surface area contributed by atoms with E-state index >= 15 is 0 Å². The molecule has 0 fully saturated rings. The lowest BCUT2D eigenvalue weighted by Gasteiger charge is -2.22. The molecule has 0 radical (unpaired) electrons. The maximum absolute atomic E-state index is 11.0. The van der Waals surface area contributed by atoms with Crippen molar-refractivity contribution in [3.63, 3.8) is 0 Å². The van der Waals surface area contributed by atoms with Crippen LogP contribution in [0.1, 0.15) is 27.3 Å². The number of aromatic carboxylic acids is 1. The highest BCUT2D eigenvalue weighted by molar-refractivity contribution is 5.87. The molecule has 0 bridgehead atoms. The Morgan fingerprint density at radius 3 is 1.80 bits per heavy atom. The van der Waals surface area contributed by atoms with Gasteiger partial charge in [0.15, 0.2) is 0 Å². The zero-order chi connectivity index (χ0) is 17.5. The minimum atomic E-state index is -0.912. The topological polar surface area (TPSA) is 66.3 Å². The summed E-state index contributed by atoms with van der Waals surface area (Å²) < 4.78 is 0. The summed E-state index contributed by atoms with van der Waals surface area (Å²) in [4.78, 5) is 22.0. The third kappa shape index (κ3) is 4.96. The maximum atomic E-state index is 11.0. The lowest BCUT2D eigenvalue weighted by Crippen LogP contribution is -2.23. The van der Waals surface area contributed by atoms with Gasteiger partial charge in [-0.15, -0.1) is 0 Å². The molecule has 2 aromatic heterocycles. The highest BCUT2D eigenvalue weighted by atomic mass is 16.4. The van der Waals surface area contributed by atoms with Crippen molar-refractivity contribution in [3.05, 3.63) is 95.6 Å². The molecule has 126 valence electrons. The molecular weight excluding hydrogens is 314 g/mol. The normalized spacial score (nSPS) is 10.8. The predicted octanol–water partition coefficient (Wildman–Crippen LogP) is 3.38. The summed E-state index contributed by atoms with van der Waals surface area (Å²) >= 11 is 0. The molecule has 5 nitrogen and oxygen atoms in total. The van der Waals surface area contributed by atoms with Crippen LogP contribution in [0.25, 0.3) is 0 Å². The number of benzene rings is 1. The van der Waals surface area contributed by atoms with Gasteiger partial charge in [-0.1, -0.05) is 24.3 Å². The van der Waals surface area contributed by atoms with Gasteiger partial charge in [-0.05, 0) is 42.0 Å². The Balaban J connectivity index is 1.76. The van der Waals surface area contributed by atoms with Gasteiger partial charge in [-0.2, -0.15) is 0 Å². The van der Waals surface area contributed by atoms with Crippen molar-refractivity contribution in [2.24, 2.45) is 0 Å². The summed E-state index contributed by atoms with van der Waals surface area (Å²) in [6.07, 6.45) is 3.58. The molecule has 2 heterocycles. The summed E-state index contributed by atoms with van der Waals surface area (Å²) in [5, 5.41) is 9.02. The van der Waals surface area contributed by atoms with Crippen LogP contribution in [-0.4, -0.2) is 25.9 Å². The summed E-state index contributed by atoms with van der Waals surface area (Å²) in [6.45, 7) is 2.07. The molecule has 1 N–H and O–H groups in total. The van der Waals surface area contributed by atoms with E-state index in [1.54, 1.807) is 24.5 Å². The van der Waals surface area contributed by atoms with Crippen molar-refractivity contribution in [1.82, 2.24) is 14.9 Å². The van der Waals surface area contributed by atoms with Gasteiger partial charge in [0.2, 0.25) is 0 Å². The highest BCUT2D eigenvalue weighted by Gasteiger charge is 2.10. The van der Waals surface area contributed by atoms with Gasteiger partial charge in [0.25, 0.3) is 0 Å². The van der Waals surface area contributed by atoms with E-state index in [-0.39, 0.29) is 0 Å². The molecule has 3 aromatic rings. The third-order valence-corrected chi connectivity index (χ3v) is 3.83. The molecule has 0 aliphatic carbocycles. The molecule has 0 saturated heterocycles. The minimum absolute atomic E-state index is 0.296. The van der Waals surface area contributed by atoms with Gasteiger partial charge in [-0.25, -0.2) is 4.79 Å². The van der Waals surface area contributed by atoms with Crippen LogP contribution in [0.2, 0.25) is 0 Å². The van der Waals surface area contributed by atoms with Crippen molar-refractivity contribution in [1.29, 1.82) is 0 Å². The Bertz CT molecular complexity index is 764. The van der Waals surface area contributed by atoms with Crippen LogP contribution in [0, 0.1) is 0 Å². The largest absolute Gasteiger partial charge is 0.478 e. The second-order valence-corrected chi connectivity index (χ2v) is 5.79. The number of carboxylic acid groups (broad SMARTS) is 1. The Labute approximate surface area is 146 Å². The van der Waals surface area contributed by atoms with Crippen molar-refractivity contribution < 1.29 is 9.90 Å². The first-order valence-corrected chi connectivity index (χ1v) is 8.05. The van der Waals surface area contributed by atoms with E-state index in [0.717, 1.165) is 17.0 Å². The van der Waals surface area contributed by atoms with Crippen molar-refractivity contribution in [2.45, 2.75) is 19.6 Å². The van der Waals surface area contributed by atoms with Crippen LogP contribution < -0.4 is 0 Å². The summed E-state index contributed by atoms with van der Waals surface area (Å²) in [6, 6.07) is 18.7. The number of pyridine rings is 2. The number of rotatable bonds is 7. The van der Waals surface area contributed by atoms with E-state index in [1.807, 2.05) is 48.5 Å². The summed E-state index contributed by atoms with van der Waals surface area (Å²) in [5.74, 6) is -0.912. The smallest absolute Gasteiger partial charge is 0.335 e. The number of carbonyl (C=O) groups is 1. The lowest BCUT2D eigenvalue weighted by atomic mass is 10.1. The van der Waals surface area contributed by atoms with E-state index in [2.05, 4.69) is 14.9 Å². The van der Waals surface area contributed by atoms with E-state index in [9.17, 15) is 4.79 Å². The number of hydrogen-bond donors (Lipinski definition) is 1. The van der Waals surface area contributed by atoms with Crippen LogP contribution in [0.5, 0.6) is 0 Å². The molecule has 0 amide bonds. The number of hydrogen-bond acceptors (Lipinski definition) is 4. The average Bonchev–Trinajstić information content (AvgIpc) is 2.64. The van der Waals surface area contributed by atoms with Crippen LogP contribution in [0.15, 0.2) is 73.1 Å². The van der Waals surface area contributed by atoms with Gasteiger partial charge in [0, 0.05) is 32.0 Å². The number of aromatic nitrogens is 2. The van der Waals surface area contributed by atoms with Gasteiger partial charge >= 0.3 is 5.97 Å². The van der Waals surface area contributed by atoms with Gasteiger partial charge in [0.05, 0.1) is 17.0 Å². The average molecular weight is 333 g/mol. The quantitative estimate of drug-likeness (QED) is 0.718. The van der Waals surface area contributed by atoms with Gasteiger partial charge in [-0.3, -0.25) is 14.9 Å². The fourth-order valence-electron chi connectivity index (χ4n) is 2.62. The monoisotopic (exact) mass is 333 g/mol. The third-order valence-electron chi connectivity index (χ3n) is 3.83. The van der Waals surface area contributed by atoms with Crippen LogP contribution in [0.4, 0.5) is 0 Å². The minimum Gasteiger partial charge on any atom is -0.478 e. The molecule has 0 spiro atoms. The fraction of sp³-hybridized carbons (Fsp3) is 0.150. The SMILES string of the molecule is O=C(O)c1ccc(CN(Cc2ccccn2)Cc2ccccn2)cc1. The van der Waals surface area contributed by atoms with Crippen molar-refractivity contribution >= 4 is 5.97 Å². The first-order chi connectivity index (χ1) is 12.2. The van der Waals surface area contributed by atoms with Gasteiger partial charge < -0.3 is 5.11 Å². The van der Waals surface area contributed by atoms with Crippen LogP contribution in [-0.2, 0) is 19.6 Å². The highest BCUT2D eigenvalue weighted by Crippen LogP contribution is 2.13. The van der Waals surface area contributed by atoms with Gasteiger partial charge in [0.1, 0.15) is 0 Å². The molecule has 0 aliphatic rings. The Morgan fingerprint density at radius 2 is 1.36 bits per heavy atom. The molecule has 0 atom stereocenters. The standard InChI is InChI=1S/C20H19N3O2/c24-20(25)17-9-7-16(8-10-17)13-23(14-18-5-1-3-11-21-18)15-19-6-2-4-12-22-19/h1-12H,13-15H2,(H,24,25). The summed E-state index contributed by atoms with van der Waals surface area (Å²) in [7, 11) is 0. The summed E-state index contributed by atoms with van der Waals surface area (Å²) in [5.41, 5.74) is 3.32. The Kier molecular flexibility index (Phi) is 5.49. The predicted molar refractivity (Wildman–Crippen MR) is 94.8 cm³/mol. The Morgan fingerprint density at radius 1 is 0.800 bits per heavy atom. The van der Waals surface area contributed by atoms with Crippen molar-refractivity contribution in [3.8, 4) is 0 Å². The van der Waals surface area contributed by atoms with E-state index in [1.165, 1.54) is 0 Å². The molecule has 0 aliphatic heterocycles. The van der Waals surface area contributed by atoms with E-state index in [0.29, 0.717) is 25.2 Å². The second kappa shape index (κ2) is 8.17. The molecule has 5 heteroatoms. The van der Waals surface area contributed by atoms with E-state index in [4.69, 9.17) is 5.11 Å². The Hall–Kier alpha value is -3.05. The maximum Gasteiger partial charge on any atom is 0.335 e. The fourth-order valence-corrected chi connectivity index (χ4v) is 2.62. The zero-order valence-electron chi connectivity index (χ0n) is 13.7. The van der Waals surface area contributed by atoms with Crippen LogP contribution >= 0.6 is 0 Å². The molecule has 0 saturated carbocycles. The molecule has 3 rings (SSSR count). The second-order valence-electron chi connectivity index (χ2n) is 5.79. The molecule has 0 unspecified atom stereocenters. The number of nitrogens with zero attached hydrogens (tertiary/aromatic N) is 3. The lowest BCUT2D eigenvalue weighted by molar-refractivity contribution is 0.0697. The molecular formula is C20H19N3O2. The number of carboxylic acids is 1. The zero-order valence-corrected chi connectivity index (χ0v) is 13.7. The van der Waals surface area contributed by atoms with Crippen LogP contribution in [0.3, 0.4) is 0 Å². The van der Waals surface area contributed by atoms with Crippen molar-refractivity contribution in [2.75, 3.05) is 0 Å². The molecule has 25 heavy (non-hydrogen) atoms.